The van der Waals surface area contributed by atoms with Gasteiger partial charge in [0.1, 0.15) is 5.69 Å². The van der Waals surface area contributed by atoms with Crippen molar-refractivity contribution in [2.75, 3.05) is 11.9 Å². The second-order valence-electron chi connectivity index (χ2n) is 5.30. The largest absolute Gasteiger partial charge is 0.451 e. The number of hydrogen-bond acceptors (Lipinski definition) is 5. The highest BCUT2D eigenvalue weighted by Crippen LogP contribution is 2.30. The fourth-order valence-electron chi connectivity index (χ4n) is 2.15. The Morgan fingerprint density at radius 3 is 2.77 bits per heavy atom. The zero-order valence-corrected chi connectivity index (χ0v) is 15.9. The summed E-state index contributed by atoms with van der Waals surface area (Å²) in [5.41, 5.74) is 1.81. The van der Waals surface area contributed by atoms with Gasteiger partial charge in [-0.3, -0.25) is 10.1 Å². The topological polar surface area (TPSA) is 73.2 Å². The number of amides is 1. The van der Waals surface area contributed by atoms with Crippen LogP contribution in [0, 0.1) is 0 Å². The molecule has 1 N–H and O–H groups in total. The van der Waals surface area contributed by atoms with Gasteiger partial charge in [-0.2, -0.15) is 0 Å². The normalized spacial score (nSPS) is 10.6. The number of carbonyl (C=O) groups excluding carboxylic acids is 2. The highest BCUT2D eigenvalue weighted by atomic mass is 35.5. The molecule has 26 heavy (non-hydrogen) atoms. The molecular formula is C17H13Cl2N3O3S. The summed E-state index contributed by atoms with van der Waals surface area (Å²) in [6.07, 6.45) is 1.72. The molecule has 9 heteroatoms. The van der Waals surface area contributed by atoms with Crippen LogP contribution in [-0.4, -0.2) is 28.0 Å². The average molecular weight is 410 g/mol. The lowest BCUT2D eigenvalue weighted by Gasteiger charge is -2.05. The van der Waals surface area contributed by atoms with Gasteiger partial charge in [0, 0.05) is 24.2 Å². The molecule has 1 aromatic carbocycles. The highest BCUT2D eigenvalue weighted by molar-refractivity contribution is 7.14. The van der Waals surface area contributed by atoms with Crippen LogP contribution in [0.15, 0.2) is 41.9 Å². The van der Waals surface area contributed by atoms with E-state index in [-0.39, 0.29) is 0 Å². The van der Waals surface area contributed by atoms with Crippen molar-refractivity contribution in [1.82, 2.24) is 9.55 Å². The number of thiazole rings is 1. The highest BCUT2D eigenvalue weighted by Gasteiger charge is 2.14. The van der Waals surface area contributed by atoms with Crippen molar-refractivity contribution in [3.05, 3.63) is 57.6 Å². The third-order valence-corrected chi connectivity index (χ3v) is 4.95. The van der Waals surface area contributed by atoms with Crippen molar-refractivity contribution in [3.8, 4) is 11.3 Å². The number of nitrogens with one attached hydrogen (secondary N) is 1. The number of aryl methyl sites for hydroxylation is 1. The van der Waals surface area contributed by atoms with E-state index in [4.69, 9.17) is 27.9 Å². The molecule has 0 aliphatic heterocycles. The van der Waals surface area contributed by atoms with Crippen molar-refractivity contribution in [3.63, 3.8) is 0 Å². The van der Waals surface area contributed by atoms with Gasteiger partial charge in [0.2, 0.25) is 0 Å². The maximum atomic E-state index is 11.9. The third kappa shape index (κ3) is 4.24. The molecular weight excluding hydrogens is 397 g/mol. The number of halogens is 2. The van der Waals surface area contributed by atoms with Crippen LogP contribution in [0.5, 0.6) is 0 Å². The summed E-state index contributed by atoms with van der Waals surface area (Å²) >= 11 is 13.2. The van der Waals surface area contributed by atoms with Crippen molar-refractivity contribution in [2.45, 2.75) is 0 Å². The molecule has 0 aliphatic rings. The maximum absolute atomic E-state index is 11.9. The van der Waals surface area contributed by atoms with Crippen LogP contribution in [0.1, 0.15) is 10.5 Å². The van der Waals surface area contributed by atoms with E-state index >= 15 is 0 Å². The number of benzene rings is 1. The molecule has 2 aromatic heterocycles. The van der Waals surface area contributed by atoms with Gasteiger partial charge in [-0.25, -0.2) is 9.78 Å². The summed E-state index contributed by atoms with van der Waals surface area (Å²) in [5.74, 6) is -1.04. The first-order valence-corrected chi connectivity index (χ1v) is 9.07. The zero-order valence-electron chi connectivity index (χ0n) is 13.5. The molecule has 3 rings (SSSR count). The fourth-order valence-corrected chi connectivity index (χ4v) is 3.19. The lowest BCUT2D eigenvalue weighted by atomic mass is 10.2. The van der Waals surface area contributed by atoms with E-state index in [2.05, 4.69) is 10.3 Å². The minimum absolute atomic E-state index is 0.369. The summed E-state index contributed by atoms with van der Waals surface area (Å²) in [4.78, 5) is 28.1. The van der Waals surface area contributed by atoms with E-state index < -0.39 is 18.5 Å². The summed E-state index contributed by atoms with van der Waals surface area (Å²) in [5, 5.41) is 5.66. The molecule has 6 nitrogen and oxygen atoms in total. The molecule has 0 saturated heterocycles. The summed E-state index contributed by atoms with van der Waals surface area (Å²) in [6, 6.07) is 8.50. The Morgan fingerprint density at radius 2 is 2.08 bits per heavy atom. The molecule has 0 saturated carbocycles. The fraction of sp³-hybridized carbons (Fsp3) is 0.118. The van der Waals surface area contributed by atoms with E-state index in [0.29, 0.717) is 26.6 Å². The van der Waals surface area contributed by atoms with Crippen molar-refractivity contribution in [2.24, 2.45) is 7.05 Å². The molecule has 3 aromatic rings. The van der Waals surface area contributed by atoms with Gasteiger partial charge in [-0.15, -0.1) is 11.3 Å². The minimum Gasteiger partial charge on any atom is -0.451 e. The number of anilines is 1. The number of esters is 1. The van der Waals surface area contributed by atoms with Crippen LogP contribution in [0.4, 0.5) is 5.13 Å². The zero-order chi connectivity index (χ0) is 18.7. The predicted molar refractivity (Wildman–Crippen MR) is 102 cm³/mol. The number of carbonyl (C=O) groups is 2. The van der Waals surface area contributed by atoms with Gasteiger partial charge in [0.25, 0.3) is 5.91 Å². The Morgan fingerprint density at radius 1 is 1.27 bits per heavy atom. The minimum atomic E-state index is -0.566. The van der Waals surface area contributed by atoms with Crippen molar-refractivity contribution in [1.29, 1.82) is 0 Å². The molecule has 134 valence electrons. The lowest BCUT2D eigenvalue weighted by Crippen LogP contribution is -2.21. The second kappa shape index (κ2) is 7.90. The molecule has 2 heterocycles. The SMILES string of the molecule is Cn1cccc1C(=O)OCC(=O)Nc1nc(-c2ccc(Cl)c(Cl)c2)cs1. The van der Waals surface area contributed by atoms with E-state index in [9.17, 15) is 9.59 Å². The number of hydrogen-bond donors (Lipinski definition) is 1. The maximum Gasteiger partial charge on any atom is 0.355 e. The van der Waals surface area contributed by atoms with Crippen molar-refractivity contribution >= 4 is 51.5 Å². The molecule has 0 spiro atoms. The van der Waals surface area contributed by atoms with E-state index in [1.807, 2.05) is 0 Å². The van der Waals surface area contributed by atoms with Gasteiger partial charge in [-0.1, -0.05) is 29.3 Å². The van der Waals surface area contributed by atoms with Gasteiger partial charge in [0.05, 0.1) is 15.7 Å². The molecule has 0 radical (unpaired) electrons. The molecule has 1 amide bonds. The number of aromatic nitrogens is 2. The Labute approximate surface area is 163 Å². The van der Waals surface area contributed by atoms with Gasteiger partial charge < -0.3 is 9.30 Å². The first-order chi connectivity index (χ1) is 12.4. The average Bonchev–Trinajstić information content (AvgIpc) is 3.24. The quantitative estimate of drug-likeness (QED) is 0.639. The third-order valence-electron chi connectivity index (χ3n) is 3.45. The van der Waals surface area contributed by atoms with Crippen LogP contribution in [0.2, 0.25) is 10.0 Å². The molecule has 0 aliphatic carbocycles. The monoisotopic (exact) mass is 409 g/mol. The van der Waals surface area contributed by atoms with Gasteiger partial charge in [-0.05, 0) is 24.3 Å². The first-order valence-electron chi connectivity index (χ1n) is 7.43. The van der Waals surface area contributed by atoms with E-state index in [1.165, 1.54) is 11.3 Å². The predicted octanol–water partition coefficient (Wildman–Crippen LogP) is 4.25. The molecule has 0 bridgehead atoms. The molecule has 0 atom stereocenters. The smallest absolute Gasteiger partial charge is 0.355 e. The van der Waals surface area contributed by atoms with Crippen LogP contribution >= 0.6 is 34.5 Å². The Bertz CT molecular complexity index is 968. The van der Waals surface area contributed by atoms with E-state index in [0.717, 1.165) is 5.56 Å². The number of ether oxygens (including phenoxy) is 1. The summed E-state index contributed by atoms with van der Waals surface area (Å²) < 4.78 is 6.61. The van der Waals surface area contributed by atoms with Gasteiger partial charge >= 0.3 is 5.97 Å². The first kappa shape index (κ1) is 18.4. The van der Waals surface area contributed by atoms with Crippen LogP contribution in [-0.2, 0) is 16.6 Å². The Balaban J connectivity index is 1.58. The molecule has 0 fully saturated rings. The van der Waals surface area contributed by atoms with Crippen LogP contribution in [0.25, 0.3) is 11.3 Å². The number of rotatable bonds is 5. The van der Waals surface area contributed by atoms with Gasteiger partial charge in [0.15, 0.2) is 11.7 Å². The summed E-state index contributed by atoms with van der Waals surface area (Å²) in [6.45, 7) is -0.397. The van der Waals surface area contributed by atoms with E-state index in [1.54, 1.807) is 53.5 Å². The van der Waals surface area contributed by atoms with Crippen LogP contribution < -0.4 is 5.32 Å². The Kier molecular flexibility index (Phi) is 5.61. The lowest BCUT2D eigenvalue weighted by molar-refractivity contribution is -0.119. The summed E-state index contributed by atoms with van der Waals surface area (Å²) in [7, 11) is 1.72. The molecule has 0 unspecified atom stereocenters. The van der Waals surface area contributed by atoms with Crippen LogP contribution in [0.3, 0.4) is 0 Å². The second-order valence-corrected chi connectivity index (χ2v) is 6.97. The van der Waals surface area contributed by atoms with Crippen molar-refractivity contribution < 1.29 is 14.3 Å². The number of nitrogens with zero attached hydrogens (tertiary/aromatic N) is 2. The Hall–Kier alpha value is -2.35. The standard InChI is InChI=1S/C17H13Cl2N3O3S/c1-22-6-2-3-14(22)16(24)25-8-15(23)21-17-20-13(9-26-17)10-4-5-11(18)12(19)7-10/h2-7,9H,8H2,1H3,(H,20,21,23).